The highest BCUT2D eigenvalue weighted by atomic mass is 16.4. The summed E-state index contributed by atoms with van der Waals surface area (Å²) in [6.07, 6.45) is 3.49. The molecule has 1 atom stereocenters. The van der Waals surface area contributed by atoms with Crippen LogP contribution in [-0.4, -0.2) is 33.0 Å². The Morgan fingerprint density at radius 2 is 2.04 bits per heavy atom. The SMILES string of the molecule is Cc1nnc(-c2cccc(C(=O)N(C)C(C)c3cccnc3)c2)o1. The van der Waals surface area contributed by atoms with Crippen molar-refractivity contribution < 1.29 is 9.21 Å². The second-order valence-corrected chi connectivity index (χ2v) is 5.59. The standard InChI is InChI=1S/C18H18N4O2/c1-12(16-8-5-9-19-11-16)22(3)18(23)15-7-4-6-14(10-15)17-21-20-13(2)24-17/h4-12H,1-3H3. The fraction of sp³-hybridized carbons (Fsp3) is 0.222. The van der Waals surface area contributed by atoms with E-state index in [0.717, 1.165) is 11.1 Å². The van der Waals surface area contributed by atoms with Gasteiger partial charge in [-0.3, -0.25) is 9.78 Å². The van der Waals surface area contributed by atoms with Crippen molar-refractivity contribution in [2.75, 3.05) is 7.05 Å². The third-order valence-electron chi connectivity index (χ3n) is 3.95. The Hall–Kier alpha value is -3.02. The number of hydrogen-bond donors (Lipinski definition) is 0. The maximum atomic E-state index is 12.8. The van der Waals surface area contributed by atoms with Gasteiger partial charge in [0.15, 0.2) is 0 Å². The number of hydrogen-bond acceptors (Lipinski definition) is 5. The average molecular weight is 322 g/mol. The van der Waals surface area contributed by atoms with Gasteiger partial charge in [0.2, 0.25) is 11.8 Å². The van der Waals surface area contributed by atoms with E-state index in [-0.39, 0.29) is 11.9 Å². The largest absolute Gasteiger partial charge is 0.421 e. The summed E-state index contributed by atoms with van der Waals surface area (Å²) < 4.78 is 5.43. The number of aromatic nitrogens is 3. The van der Waals surface area contributed by atoms with Crippen LogP contribution in [0, 0.1) is 6.92 Å². The number of benzene rings is 1. The van der Waals surface area contributed by atoms with E-state index >= 15 is 0 Å². The normalized spacial score (nSPS) is 12.0. The zero-order valence-electron chi connectivity index (χ0n) is 13.8. The number of nitrogens with zero attached hydrogens (tertiary/aromatic N) is 4. The van der Waals surface area contributed by atoms with E-state index in [2.05, 4.69) is 15.2 Å². The summed E-state index contributed by atoms with van der Waals surface area (Å²) in [4.78, 5) is 18.6. The van der Waals surface area contributed by atoms with Crippen LogP contribution >= 0.6 is 0 Å². The molecule has 1 aromatic carbocycles. The van der Waals surface area contributed by atoms with Gasteiger partial charge in [0.1, 0.15) is 0 Å². The maximum Gasteiger partial charge on any atom is 0.254 e. The van der Waals surface area contributed by atoms with E-state index in [9.17, 15) is 4.79 Å². The van der Waals surface area contributed by atoms with Crippen molar-refractivity contribution in [1.29, 1.82) is 0 Å². The molecule has 0 aliphatic heterocycles. The summed E-state index contributed by atoms with van der Waals surface area (Å²) in [6.45, 7) is 3.70. The average Bonchev–Trinajstić information content (AvgIpc) is 3.07. The molecule has 0 aliphatic carbocycles. The van der Waals surface area contributed by atoms with E-state index in [4.69, 9.17) is 4.42 Å². The van der Waals surface area contributed by atoms with E-state index in [1.807, 2.05) is 31.2 Å². The van der Waals surface area contributed by atoms with Gasteiger partial charge in [-0.2, -0.15) is 0 Å². The zero-order valence-corrected chi connectivity index (χ0v) is 13.8. The van der Waals surface area contributed by atoms with Crippen LogP contribution < -0.4 is 0 Å². The lowest BCUT2D eigenvalue weighted by molar-refractivity contribution is 0.0742. The number of carbonyl (C=O) groups excluding carboxylic acids is 1. The predicted molar refractivity (Wildman–Crippen MR) is 89.2 cm³/mol. The van der Waals surface area contributed by atoms with Gasteiger partial charge in [0.05, 0.1) is 6.04 Å². The number of amides is 1. The summed E-state index contributed by atoms with van der Waals surface area (Å²) in [6, 6.07) is 10.9. The van der Waals surface area contributed by atoms with Crippen LogP contribution in [0.4, 0.5) is 0 Å². The Kier molecular flexibility index (Phi) is 4.37. The van der Waals surface area contributed by atoms with Crippen LogP contribution in [0.2, 0.25) is 0 Å². The third-order valence-corrected chi connectivity index (χ3v) is 3.95. The fourth-order valence-corrected chi connectivity index (χ4v) is 2.42. The van der Waals surface area contributed by atoms with Gasteiger partial charge in [-0.15, -0.1) is 10.2 Å². The van der Waals surface area contributed by atoms with Crippen molar-refractivity contribution in [3.05, 3.63) is 65.8 Å². The van der Waals surface area contributed by atoms with Crippen molar-refractivity contribution in [3.8, 4) is 11.5 Å². The molecule has 0 radical (unpaired) electrons. The minimum absolute atomic E-state index is 0.0792. The molecule has 1 amide bonds. The van der Waals surface area contributed by atoms with Gasteiger partial charge in [-0.1, -0.05) is 12.1 Å². The van der Waals surface area contributed by atoms with E-state index in [1.54, 1.807) is 43.4 Å². The van der Waals surface area contributed by atoms with E-state index in [1.165, 1.54) is 0 Å². The molecule has 1 unspecified atom stereocenters. The van der Waals surface area contributed by atoms with Crippen LogP contribution in [0.3, 0.4) is 0 Å². The van der Waals surface area contributed by atoms with Gasteiger partial charge in [-0.25, -0.2) is 0 Å². The molecular formula is C18H18N4O2. The molecule has 6 nitrogen and oxygen atoms in total. The second-order valence-electron chi connectivity index (χ2n) is 5.59. The second kappa shape index (κ2) is 6.62. The first-order valence-corrected chi connectivity index (χ1v) is 7.64. The van der Waals surface area contributed by atoms with E-state index in [0.29, 0.717) is 17.3 Å². The summed E-state index contributed by atoms with van der Waals surface area (Å²) in [5.74, 6) is 0.818. The first kappa shape index (κ1) is 15.9. The van der Waals surface area contributed by atoms with Crippen molar-refractivity contribution in [2.45, 2.75) is 19.9 Å². The Morgan fingerprint density at radius 1 is 1.21 bits per heavy atom. The molecule has 0 saturated heterocycles. The Bertz CT molecular complexity index is 845. The van der Waals surface area contributed by atoms with Crippen LogP contribution in [-0.2, 0) is 0 Å². The summed E-state index contributed by atoms with van der Waals surface area (Å²) in [7, 11) is 1.78. The van der Waals surface area contributed by atoms with Crippen molar-refractivity contribution in [1.82, 2.24) is 20.1 Å². The van der Waals surface area contributed by atoms with Crippen molar-refractivity contribution >= 4 is 5.91 Å². The number of pyridine rings is 1. The quantitative estimate of drug-likeness (QED) is 0.737. The minimum Gasteiger partial charge on any atom is -0.421 e. The van der Waals surface area contributed by atoms with Crippen LogP contribution in [0.5, 0.6) is 0 Å². The molecule has 3 aromatic rings. The van der Waals surface area contributed by atoms with Gasteiger partial charge in [0, 0.05) is 37.5 Å². The zero-order chi connectivity index (χ0) is 17.1. The van der Waals surface area contributed by atoms with Gasteiger partial charge < -0.3 is 9.32 Å². The maximum absolute atomic E-state index is 12.8. The molecule has 0 spiro atoms. The molecule has 3 rings (SSSR count). The Labute approximate surface area is 140 Å². The number of rotatable bonds is 4. The monoisotopic (exact) mass is 322 g/mol. The first-order valence-electron chi connectivity index (χ1n) is 7.64. The smallest absolute Gasteiger partial charge is 0.254 e. The highest BCUT2D eigenvalue weighted by molar-refractivity contribution is 5.95. The van der Waals surface area contributed by atoms with Crippen molar-refractivity contribution in [2.24, 2.45) is 0 Å². The summed E-state index contributed by atoms with van der Waals surface area (Å²) in [5, 5.41) is 7.82. The first-order chi connectivity index (χ1) is 11.6. The molecular weight excluding hydrogens is 304 g/mol. The van der Waals surface area contributed by atoms with E-state index < -0.39 is 0 Å². The van der Waals surface area contributed by atoms with Crippen molar-refractivity contribution in [3.63, 3.8) is 0 Å². The lowest BCUT2D eigenvalue weighted by atomic mass is 10.1. The molecule has 2 aromatic heterocycles. The fourth-order valence-electron chi connectivity index (χ4n) is 2.42. The molecule has 6 heteroatoms. The molecule has 2 heterocycles. The Balaban J connectivity index is 1.84. The molecule has 0 fully saturated rings. The number of aryl methyl sites for hydroxylation is 1. The van der Waals surface area contributed by atoms with Gasteiger partial charge in [-0.05, 0) is 36.8 Å². The van der Waals surface area contributed by atoms with Gasteiger partial charge >= 0.3 is 0 Å². The highest BCUT2D eigenvalue weighted by Crippen LogP contribution is 2.23. The molecule has 0 N–H and O–H groups in total. The summed E-state index contributed by atoms with van der Waals surface area (Å²) >= 11 is 0. The molecule has 0 aliphatic rings. The molecule has 24 heavy (non-hydrogen) atoms. The predicted octanol–water partition coefficient (Wildman–Crippen LogP) is 3.27. The lowest BCUT2D eigenvalue weighted by Crippen LogP contribution is -2.29. The van der Waals surface area contributed by atoms with Crippen LogP contribution in [0.15, 0.2) is 53.2 Å². The topological polar surface area (TPSA) is 72.1 Å². The highest BCUT2D eigenvalue weighted by Gasteiger charge is 2.20. The third kappa shape index (κ3) is 3.17. The molecule has 0 bridgehead atoms. The number of carbonyl (C=O) groups is 1. The molecule has 122 valence electrons. The van der Waals surface area contributed by atoms with Crippen LogP contribution in [0.25, 0.3) is 11.5 Å². The van der Waals surface area contributed by atoms with Gasteiger partial charge in [0.25, 0.3) is 5.91 Å². The lowest BCUT2D eigenvalue weighted by Gasteiger charge is -2.25. The molecule has 0 saturated carbocycles. The minimum atomic E-state index is -0.0829. The van der Waals surface area contributed by atoms with Crippen LogP contribution in [0.1, 0.15) is 34.8 Å². The summed E-state index contributed by atoms with van der Waals surface area (Å²) in [5.41, 5.74) is 2.28. The Morgan fingerprint density at radius 3 is 2.71 bits per heavy atom.